The number of benzene rings is 1. The van der Waals surface area contributed by atoms with E-state index in [1.54, 1.807) is 6.07 Å². The predicted octanol–water partition coefficient (Wildman–Crippen LogP) is 3.40. The molecule has 0 aromatic heterocycles. The van der Waals surface area contributed by atoms with Crippen LogP contribution in [0.25, 0.3) is 0 Å². The van der Waals surface area contributed by atoms with Crippen LogP contribution in [0.1, 0.15) is 35.2 Å². The van der Waals surface area contributed by atoms with Crippen molar-refractivity contribution in [1.29, 1.82) is 0 Å². The average Bonchev–Trinajstić information content (AvgIpc) is 2.26. The van der Waals surface area contributed by atoms with E-state index in [2.05, 4.69) is 5.32 Å². The molecule has 0 aliphatic heterocycles. The first-order valence-electron chi connectivity index (χ1n) is 5.77. The van der Waals surface area contributed by atoms with Crippen LogP contribution >= 0.6 is 11.6 Å². The van der Waals surface area contributed by atoms with Crippen molar-refractivity contribution in [3.8, 4) is 0 Å². The lowest BCUT2D eigenvalue weighted by Gasteiger charge is -2.28. The maximum Gasteiger partial charge on any atom is 0.338 e. The minimum absolute atomic E-state index is 0.346. The van der Waals surface area contributed by atoms with E-state index in [9.17, 15) is 4.79 Å². The average molecular weight is 254 g/mol. The van der Waals surface area contributed by atoms with Crippen molar-refractivity contribution >= 4 is 23.3 Å². The molecule has 0 spiro atoms. The molecule has 0 saturated heterocycles. The van der Waals surface area contributed by atoms with Gasteiger partial charge in [0.1, 0.15) is 0 Å². The lowest BCUT2D eigenvalue weighted by Crippen LogP contribution is -2.27. The Balaban J connectivity index is 2.30. The first-order valence-corrected chi connectivity index (χ1v) is 6.14. The lowest BCUT2D eigenvalue weighted by atomic mass is 9.92. The molecule has 4 heteroatoms. The third kappa shape index (κ3) is 2.55. The molecule has 0 radical (unpaired) electrons. The highest BCUT2D eigenvalue weighted by Gasteiger charge is 2.20. The lowest BCUT2D eigenvalue weighted by molar-refractivity contribution is 0.0600. The third-order valence-corrected chi connectivity index (χ3v) is 3.46. The van der Waals surface area contributed by atoms with Gasteiger partial charge in [-0.1, -0.05) is 11.6 Å². The van der Waals surface area contributed by atoms with Gasteiger partial charge in [0.15, 0.2) is 0 Å². The molecule has 3 nitrogen and oxygen atoms in total. The molecule has 17 heavy (non-hydrogen) atoms. The smallest absolute Gasteiger partial charge is 0.338 e. The number of hydrogen-bond donors (Lipinski definition) is 1. The molecular weight excluding hydrogens is 238 g/mol. The normalized spacial score (nSPS) is 15.2. The minimum Gasteiger partial charge on any atom is -0.465 e. The number of carbonyl (C=O) groups excluding carboxylic acids is 1. The Labute approximate surface area is 106 Å². The molecule has 2 rings (SSSR count). The maximum atomic E-state index is 11.6. The Morgan fingerprint density at radius 1 is 1.47 bits per heavy atom. The van der Waals surface area contributed by atoms with Crippen LogP contribution in [-0.4, -0.2) is 19.1 Å². The molecule has 0 amide bonds. The quantitative estimate of drug-likeness (QED) is 0.839. The highest BCUT2D eigenvalue weighted by atomic mass is 35.5. The van der Waals surface area contributed by atoms with E-state index in [1.165, 1.54) is 26.4 Å². The van der Waals surface area contributed by atoms with E-state index >= 15 is 0 Å². The molecule has 0 atom stereocenters. The van der Waals surface area contributed by atoms with E-state index in [1.807, 2.05) is 13.0 Å². The summed E-state index contributed by atoms with van der Waals surface area (Å²) in [5.74, 6) is -0.346. The zero-order chi connectivity index (χ0) is 12.4. The van der Waals surface area contributed by atoms with Crippen molar-refractivity contribution in [2.75, 3.05) is 12.4 Å². The molecule has 0 bridgehead atoms. The van der Waals surface area contributed by atoms with Crippen LogP contribution < -0.4 is 5.32 Å². The summed E-state index contributed by atoms with van der Waals surface area (Å²) < 4.78 is 4.75. The molecule has 0 unspecified atom stereocenters. The Morgan fingerprint density at radius 3 is 2.71 bits per heavy atom. The van der Waals surface area contributed by atoms with Gasteiger partial charge in [-0.05, 0) is 43.9 Å². The molecule has 1 aromatic carbocycles. The number of carbonyl (C=O) groups is 1. The van der Waals surface area contributed by atoms with Crippen LogP contribution in [0.2, 0.25) is 5.02 Å². The summed E-state index contributed by atoms with van der Waals surface area (Å²) in [6.07, 6.45) is 3.63. The predicted molar refractivity (Wildman–Crippen MR) is 68.8 cm³/mol. The van der Waals surface area contributed by atoms with Crippen LogP contribution in [0.4, 0.5) is 5.69 Å². The number of nitrogens with one attached hydrogen (secondary N) is 1. The van der Waals surface area contributed by atoms with Crippen molar-refractivity contribution in [2.45, 2.75) is 32.2 Å². The topological polar surface area (TPSA) is 38.3 Å². The summed E-state index contributed by atoms with van der Waals surface area (Å²) in [4.78, 5) is 11.6. The van der Waals surface area contributed by atoms with Gasteiger partial charge in [0.05, 0.1) is 12.7 Å². The number of hydrogen-bond acceptors (Lipinski definition) is 3. The fraction of sp³-hybridized carbons (Fsp3) is 0.462. The van der Waals surface area contributed by atoms with Crippen LogP contribution in [0.15, 0.2) is 12.1 Å². The summed E-state index contributed by atoms with van der Waals surface area (Å²) in [7, 11) is 1.38. The molecule has 1 fully saturated rings. The van der Waals surface area contributed by atoms with Gasteiger partial charge in [0, 0.05) is 16.8 Å². The van der Waals surface area contributed by atoms with Crippen LogP contribution in [0.3, 0.4) is 0 Å². The van der Waals surface area contributed by atoms with Crippen LogP contribution in [-0.2, 0) is 4.74 Å². The van der Waals surface area contributed by atoms with E-state index < -0.39 is 0 Å². The zero-order valence-corrected chi connectivity index (χ0v) is 10.8. The van der Waals surface area contributed by atoms with Gasteiger partial charge in [-0.2, -0.15) is 0 Å². The summed E-state index contributed by atoms with van der Waals surface area (Å²) in [5, 5.41) is 3.97. The van der Waals surface area contributed by atoms with Crippen molar-refractivity contribution in [3.63, 3.8) is 0 Å². The first kappa shape index (κ1) is 12.2. The Bertz CT molecular complexity index is 441. The van der Waals surface area contributed by atoms with Gasteiger partial charge >= 0.3 is 5.97 Å². The molecule has 1 aromatic rings. The van der Waals surface area contributed by atoms with Gasteiger partial charge in [-0.15, -0.1) is 0 Å². The summed E-state index contributed by atoms with van der Waals surface area (Å²) in [6.45, 7) is 1.91. The van der Waals surface area contributed by atoms with Crippen LogP contribution in [0.5, 0.6) is 0 Å². The minimum atomic E-state index is -0.346. The fourth-order valence-electron chi connectivity index (χ4n) is 1.92. The summed E-state index contributed by atoms with van der Waals surface area (Å²) in [5.41, 5.74) is 2.36. The number of esters is 1. The van der Waals surface area contributed by atoms with E-state index in [0.29, 0.717) is 16.6 Å². The van der Waals surface area contributed by atoms with Crippen molar-refractivity contribution in [1.82, 2.24) is 0 Å². The first-order chi connectivity index (χ1) is 8.11. The monoisotopic (exact) mass is 253 g/mol. The van der Waals surface area contributed by atoms with E-state index in [4.69, 9.17) is 16.3 Å². The summed E-state index contributed by atoms with van der Waals surface area (Å²) in [6, 6.07) is 4.02. The second-order valence-electron chi connectivity index (χ2n) is 4.39. The molecule has 1 saturated carbocycles. The van der Waals surface area contributed by atoms with Crippen LogP contribution in [0, 0.1) is 6.92 Å². The van der Waals surface area contributed by atoms with E-state index in [-0.39, 0.29) is 5.97 Å². The number of ether oxygens (including phenoxy) is 1. The molecule has 0 heterocycles. The van der Waals surface area contributed by atoms with Gasteiger partial charge < -0.3 is 10.1 Å². The number of methoxy groups -OCH3 is 1. The van der Waals surface area contributed by atoms with Crippen molar-refractivity contribution in [3.05, 3.63) is 28.3 Å². The van der Waals surface area contributed by atoms with Gasteiger partial charge in [0.25, 0.3) is 0 Å². The molecule has 1 aliphatic rings. The number of rotatable bonds is 3. The number of anilines is 1. The highest BCUT2D eigenvalue weighted by Crippen LogP contribution is 2.29. The number of halogens is 1. The second kappa shape index (κ2) is 4.96. The van der Waals surface area contributed by atoms with E-state index in [0.717, 1.165) is 11.3 Å². The van der Waals surface area contributed by atoms with Crippen molar-refractivity contribution in [2.24, 2.45) is 0 Å². The third-order valence-electron chi connectivity index (χ3n) is 3.24. The SMILES string of the molecule is COC(=O)c1cc(Cl)cc(NC2CCC2)c1C. The highest BCUT2D eigenvalue weighted by molar-refractivity contribution is 6.31. The standard InChI is InChI=1S/C13H16ClNO2/c1-8-11(13(16)17-2)6-9(14)7-12(8)15-10-4-3-5-10/h6-7,10,15H,3-5H2,1-2H3. The Kier molecular flexibility index (Phi) is 3.57. The molecule has 1 aliphatic carbocycles. The molecule has 92 valence electrons. The Hall–Kier alpha value is -1.22. The zero-order valence-electron chi connectivity index (χ0n) is 10.0. The second-order valence-corrected chi connectivity index (χ2v) is 4.83. The largest absolute Gasteiger partial charge is 0.465 e. The summed E-state index contributed by atoms with van der Waals surface area (Å²) >= 11 is 6.02. The van der Waals surface area contributed by atoms with Gasteiger partial charge in [-0.3, -0.25) is 0 Å². The Morgan fingerprint density at radius 2 is 2.18 bits per heavy atom. The fourth-order valence-corrected chi connectivity index (χ4v) is 2.14. The van der Waals surface area contributed by atoms with Crippen molar-refractivity contribution < 1.29 is 9.53 Å². The van der Waals surface area contributed by atoms with Gasteiger partial charge in [-0.25, -0.2) is 4.79 Å². The van der Waals surface area contributed by atoms with Gasteiger partial charge in [0.2, 0.25) is 0 Å². The molecular formula is C13H16ClNO2. The molecule has 1 N–H and O–H groups in total. The maximum absolute atomic E-state index is 11.6.